The quantitative estimate of drug-likeness (QED) is 0.937. The maximum Gasteiger partial charge on any atom is 0.227 e. The standard InChI is InChI=1S/C20H26N2O2/c1-15-13-22(10-9-21(15)14-16(2)23)20(24)12-17-7-8-18-5-3-4-6-19(18)11-17/h3-8,11,15-16,23H,9-10,12-14H2,1-2H3/t15-,16-/m1/s1. The molecule has 2 aromatic carbocycles. The lowest BCUT2D eigenvalue weighted by molar-refractivity contribution is -0.133. The summed E-state index contributed by atoms with van der Waals surface area (Å²) >= 11 is 0. The Bertz CT molecular complexity index is 714. The Balaban J connectivity index is 1.62. The first-order valence-electron chi connectivity index (χ1n) is 8.70. The molecular formula is C20H26N2O2. The minimum atomic E-state index is -0.327. The molecule has 0 aliphatic carbocycles. The topological polar surface area (TPSA) is 43.8 Å². The molecule has 24 heavy (non-hydrogen) atoms. The van der Waals surface area contributed by atoms with Gasteiger partial charge in [0.1, 0.15) is 0 Å². The summed E-state index contributed by atoms with van der Waals surface area (Å²) in [5.41, 5.74) is 1.07. The molecule has 0 spiro atoms. The highest BCUT2D eigenvalue weighted by Crippen LogP contribution is 2.17. The number of rotatable bonds is 4. The van der Waals surface area contributed by atoms with Gasteiger partial charge in [-0.25, -0.2) is 0 Å². The molecule has 1 N–H and O–H groups in total. The predicted octanol–water partition coefficient (Wildman–Crippen LogP) is 2.30. The van der Waals surface area contributed by atoms with E-state index in [4.69, 9.17) is 0 Å². The van der Waals surface area contributed by atoms with Gasteiger partial charge in [0.05, 0.1) is 12.5 Å². The van der Waals surface area contributed by atoms with Crippen LogP contribution in [0.2, 0.25) is 0 Å². The van der Waals surface area contributed by atoms with E-state index >= 15 is 0 Å². The molecule has 0 bridgehead atoms. The Kier molecular flexibility index (Phi) is 5.17. The second-order valence-electron chi connectivity index (χ2n) is 6.89. The third kappa shape index (κ3) is 3.94. The van der Waals surface area contributed by atoms with Crippen molar-refractivity contribution in [3.8, 4) is 0 Å². The minimum absolute atomic E-state index is 0.189. The van der Waals surface area contributed by atoms with Crippen molar-refractivity contribution >= 4 is 16.7 Å². The van der Waals surface area contributed by atoms with Crippen molar-refractivity contribution in [1.29, 1.82) is 0 Å². The Morgan fingerprint density at radius 2 is 1.96 bits per heavy atom. The second-order valence-corrected chi connectivity index (χ2v) is 6.89. The largest absolute Gasteiger partial charge is 0.392 e. The number of nitrogens with zero attached hydrogens (tertiary/aromatic N) is 2. The summed E-state index contributed by atoms with van der Waals surface area (Å²) in [6, 6.07) is 14.8. The maximum absolute atomic E-state index is 12.6. The minimum Gasteiger partial charge on any atom is -0.392 e. The second kappa shape index (κ2) is 7.32. The van der Waals surface area contributed by atoms with Gasteiger partial charge in [0, 0.05) is 32.2 Å². The molecule has 2 atom stereocenters. The number of carbonyl (C=O) groups is 1. The number of carbonyl (C=O) groups excluding carboxylic acids is 1. The van der Waals surface area contributed by atoms with Crippen LogP contribution in [0.3, 0.4) is 0 Å². The van der Waals surface area contributed by atoms with Gasteiger partial charge in [-0.15, -0.1) is 0 Å². The highest BCUT2D eigenvalue weighted by molar-refractivity contribution is 5.85. The maximum atomic E-state index is 12.6. The summed E-state index contributed by atoms with van der Waals surface area (Å²) in [6.45, 7) is 6.91. The number of β-amino-alcohol motifs (C(OH)–C–C–N with tert-alkyl or cyclic N) is 1. The van der Waals surface area contributed by atoms with E-state index in [0.717, 1.165) is 25.2 Å². The molecule has 0 radical (unpaired) electrons. The summed E-state index contributed by atoms with van der Waals surface area (Å²) in [6.07, 6.45) is 0.126. The third-order valence-corrected chi connectivity index (χ3v) is 4.79. The van der Waals surface area contributed by atoms with Crippen LogP contribution in [0.1, 0.15) is 19.4 Å². The number of aliphatic hydroxyl groups is 1. The molecule has 4 heteroatoms. The van der Waals surface area contributed by atoms with E-state index in [0.29, 0.717) is 13.0 Å². The summed E-state index contributed by atoms with van der Waals surface area (Å²) in [7, 11) is 0. The predicted molar refractivity (Wildman–Crippen MR) is 96.9 cm³/mol. The molecule has 0 aromatic heterocycles. The molecule has 128 valence electrons. The van der Waals surface area contributed by atoms with Crippen molar-refractivity contribution in [3.05, 3.63) is 48.0 Å². The number of piperazine rings is 1. The van der Waals surface area contributed by atoms with Crippen molar-refractivity contribution in [2.45, 2.75) is 32.4 Å². The summed E-state index contributed by atoms with van der Waals surface area (Å²) in [5.74, 6) is 0.189. The van der Waals surface area contributed by atoms with Crippen LogP contribution in [-0.4, -0.2) is 59.1 Å². The highest BCUT2D eigenvalue weighted by atomic mass is 16.3. The first kappa shape index (κ1) is 16.9. The van der Waals surface area contributed by atoms with Gasteiger partial charge in [-0.2, -0.15) is 0 Å². The van der Waals surface area contributed by atoms with Crippen LogP contribution in [0, 0.1) is 0 Å². The van der Waals surface area contributed by atoms with Gasteiger partial charge in [0.2, 0.25) is 5.91 Å². The van der Waals surface area contributed by atoms with Gasteiger partial charge >= 0.3 is 0 Å². The summed E-state index contributed by atoms with van der Waals surface area (Å²) in [4.78, 5) is 16.8. The third-order valence-electron chi connectivity index (χ3n) is 4.79. The number of hydrogen-bond donors (Lipinski definition) is 1. The van der Waals surface area contributed by atoms with Gasteiger partial charge in [0.15, 0.2) is 0 Å². The monoisotopic (exact) mass is 326 g/mol. The normalized spacial score (nSPS) is 20.3. The molecule has 4 nitrogen and oxygen atoms in total. The van der Waals surface area contributed by atoms with Gasteiger partial charge < -0.3 is 10.0 Å². The fourth-order valence-electron chi connectivity index (χ4n) is 3.47. The smallest absolute Gasteiger partial charge is 0.227 e. The van der Waals surface area contributed by atoms with Crippen LogP contribution in [0.5, 0.6) is 0 Å². The Morgan fingerprint density at radius 3 is 2.67 bits per heavy atom. The average Bonchev–Trinajstić information content (AvgIpc) is 2.56. The van der Waals surface area contributed by atoms with E-state index in [-0.39, 0.29) is 18.1 Å². The zero-order valence-corrected chi connectivity index (χ0v) is 14.5. The van der Waals surface area contributed by atoms with E-state index in [2.05, 4.69) is 36.1 Å². The van der Waals surface area contributed by atoms with Crippen molar-refractivity contribution in [2.24, 2.45) is 0 Å². The Morgan fingerprint density at radius 1 is 1.21 bits per heavy atom. The molecular weight excluding hydrogens is 300 g/mol. The average molecular weight is 326 g/mol. The van der Waals surface area contributed by atoms with E-state index < -0.39 is 0 Å². The number of amides is 1. The van der Waals surface area contributed by atoms with E-state index in [9.17, 15) is 9.90 Å². The Hall–Kier alpha value is -1.91. The van der Waals surface area contributed by atoms with Crippen LogP contribution in [0.4, 0.5) is 0 Å². The van der Waals surface area contributed by atoms with Crippen molar-refractivity contribution in [1.82, 2.24) is 9.80 Å². The molecule has 1 heterocycles. The van der Waals surface area contributed by atoms with E-state index in [1.807, 2.05) is 30.0 Å². The van der Waals surface area contributed by atoms with Gasteiger partial charge in [0.25, 0.3) is 0 Å². The van der Waals surface area contributed by atoms with Crippen molar-refractivity contribution < 1.29 is 9.90 Å². The van der Waals surface area contributed by atoms with Crippen LogP contribution in [-0.2, 0) is 11.2 Å². The lowest BCUT2D eigenvalue weighted by atomic mass is 10.0. The molecule has 1 aliphatic heterocycles. The van der Waals surface area contributed by atoms with Crippen LogP contribution < -0.4 is 0 Å². The van der Waals surface area contributed by atoms with Crippen molar-refractivity contribution in [2.75, 3.05) is 26.2 Å². The first-order chi connectivity index (χ1) is 11.5. The molecule has 0 saturated carbocycles. The van der Waals surface area contributed by atoms with Crippen LogP contribution in [0.15, 0.2) is 42.5 Å². The molecule has 1 fully saturated rings. The zero-order valence-electron chi connectivity index (χ0n) is 14.5. The SMILES string of the molecule is C[C@@H]1CN(C(=O)Cc2ccc3ccccc3c2)CCN1C[C@@H](C)O. The number of benzene rings is 2. The van der Waals surface area contributed by atoms with Gasteiger partial charge in [-0.1, -0.05) is 42.5 Å². The molecule has 2 aromatic rings. The van der Waals surface area contributed by atoms with Gasteiger partial charge in [-0.3, -0.25) is 9.69 Å². The summed E-state index contributed by atoms with van der Waals surface area (Å²) < 4.78 is 0. The van der Waals surface area contributed by atoms with Crippen LogP contribution >= 0.6 is 0 Å². The first-order valence-corrected chi connectivity index (χ1v) is 8.70. The fourth-order valence-corrected chi connectivity index (χ4v) is 3.47. The van der Waals surface area contributed by atoms with E-state index in [1.54, 1.807) is 0 Å². The number of fused-ring (bicyclic) bond motifs is 1. The molecule has 1 saturated heterocycles. The van der Waals surface area contributed by atoms with Crippen LogP contribution in [0.25, 0.3) is 10.8 Å². The summed E-state index contributed by atoms with van der Waals surface area (Å²) in [5, 5.41) is 11.9. The van der Waals surface area contributed by atoms with Crippen molar-refractivity contribution in [3.63, 3.8) is 0 Å². The lowest BCUT2D eigenvalue weighted by Crippen LogP contribution is -2.55. The van der Waals surface area contributed by atoms with Gasteiger partial charge in [-0.05, 0) is 30.2 Å². The number of aliphatic hydroxyl groups excluding tert-OH is 1. The molecule has 0 unspecified atom stereocenters. The fraction of sp³-hybridized carbons (Fsp3) is 0.450. The highest BCUT2D eigenvalue weighted by Gasteiger charge is 2.27. The zero-order chi connectivity index (χ0) is 17.1. The number of hydrogen-bond acceptors (Lipinski definition) is 3. The molecule has 1 aliphatic rings. The molecule has 1 amide bonds. The Labute approximate surface area is 143 Å². The molecule has 3 rings (SSSR count). The lowest BCUT2D eigenvalue weighted by Gasteiger charge is -2.40. The van der Waals surface area contributed by atoms with E-state index in [1.165, 1.54) is 10.8 Å².